The lowest BCUT2D eigenvalue weighted by atomic mass is 9.76. The number of aliphatic carboxylic acids is 1. The van der Waals surface area contributed by atoms with E-state index in [1.807, 2.05) is 4.90 Å². The van der Waals surface area contributed by atoms with Crippen molar-refractivity contribution in [2.24, 2.45) is 11.3 Å². The highest BCUT2D eigenvalue weighted by Gasteiger charge is 2.44. The largest absolute Gasteiger partial charge is 0.497 e. The van der Waals surface area contributed by atoms with Crippen LogP contribution >= 0.6 is 0 Å². The fraction of sp³-hybridized carbons (Fsp3) is 0.692. The van der Waals surface area contributed by atoms with Gasteiger partial charge in [0.15, 0.2) is 0 Å². The van der Waals surface area contributed by atoms with Crippen molar-refractivity contribution >= 4 is 11.9 Å². The fourth-order valence-corrected chi connectivity index (χ4v) is 5.23. The number of carboxylic acid groups (broad SMARTS) is 1. The number of carbonyl (C=O) groups is 2. The predicted molar refractivity (Wildman–Crippen MR) is 131 cm³/mol. The van der Waals surface area contributed by atoms with Crippen LogP contribution in [-0.2, 0) is 9.53 Å². The van der Waals surface area contributed by atoms with E-state index >= 15 is 0 Å². The average Bonchev–Trinajstić information content (AvgIpc) is 3.27. The van der Waals surface area contributed by atoms with E-state index < -0.39 is 12.1 Å². The van der Waals surface area contributed by atoms with E-state index in [2.05, 4.69) is 11.8 Å². The molecule has 1 aromatic carbocycles. The topological polar surface area (TPSA) is 109 Å². The van der Waals surface area contributed by atoms with Crippen LogP contribution in [0.25, 0.3) is 0 Å². The fourth-order valence-electron chi connectivity index (χ4n) is 5.23. The molecule has 3 atom stereocenters. The summed E-state index contributed by atoms with van der Waals surface area (Å²) in [4.78, 5) is 26.3. The van der Waals surface area contributed by atoms with Crippen molar-refractivity contribution in [1.82, 2.24) is 9.80 Å². The van der Waals surface area contributed by atoms with Gasteiger partial charge in [0.25, 0.3) is 5.91 Å². The highest BCUT2D eigenvalue weighted by atomic mass is 19.4. The Morgan fingerprint density at radius 2 is 1.68 bits per heavy atom. The first-order chi connectivity index (χ1) is 17.9. The van der Waals surface area contributed by atoms with Crippen molar-refractivity contribution in [3.63, 3.8) is 0 Å². The number of likely N-dealkylation sites (tertiary alicyclic amines) is 2. The molecule has 38 heavy (non-hydrogen) atoms. The van der Waals surface area contributed by atoms with Crippen molar-refractivity contribution in [3.8, 4) is 11.5 Å². The number of nitrogens with zero attached hydrogens (tertiary/aromatic N) is 2. The predicted octanol–water partition coefficient (Wildman–Crippen LogP) is 3.05. The van der Waals surface area contributed by atoms with Crippen LogP contribution in [0.15, 0.2) is 18.2 Å². The van der Waals surface area contributed by atoms with Crippen molar-refractivity contribution < 1.29 is 47.2 Å². The minimum Gasteiger partial charge on any atom is -0.497 e. The quantitative estimate of drug-likeness (QED) is 0.580. The van der Waals surface area contributed by atoms with Gasteiger partial charge in [-0.2, -0.15) is 13.2 Å². The van der Waals surface area contributed by atoms with Crippen LogP contribution in [-0.4, -0.2) is 104 Å². The molecule has 0 aromatic heterocycles. The Morgan fingerprint density at radius 1 is 1.11 bits per heavy atom. The Morgan fingerprint density at radius 3 is 2.18 bits per heavy atom. The number of β-amino-alcohol motifs (C(OH)–C–C–N with tert-alkyl or cyclic N) is 1. The van der Waals surface area contributed by atoms with Gasteiger partial charge in [-0.1, -0.05) is 6.92 Å². The first kappa shape index (κ1) is 30.0. The Hall–Kier alpha value is -2.57. The summed E-state index contributed by atoms with van der Waals surface area (Å²) in [5.74, 6) is -1.09. The standard InChI is InChI=1S/C24H36N2O5.C2HF3O2/c1-17-4-7-25(15-22(17)27)14-21-13-24(16-31-21)5-8-26(9-6-24)23(28)18-10-19(29-2)12-20(11-18)30-3;3-2(4,5)1(6)7/h10-12,17,21-22,27H,4-9,13-16H2,1-3H3;(H,6,7)/t17-,21?,22-;/m1./s1. The number of hydrogen-bond donors (Lipinski definition) is 2. The number of rotatable bonds is 5. The number of methoxy groups -OCH3 is 2. The van der Waals surface area contributed by atoms with Gasteiger partial charge in [-0.25, -0.2) is 4.79 Å². The van der Waals surface area contributed by atoms with Gasteiger partial charge in [0, 0.05) is 37.8 Å². The van der Waals surface area contributed by atoms with Gasteiger partial charge in [0.05, 0.1) is 33.0 Å². The van der Waals surface area contributed by atoms with Gasteiger partial charge in [0.1, 0.15) is 11.5 Å². The zero-order valence-corrected chi connectivity index (χ0v) is 22.0. The van der Waals surface area contributed by atoms with Crippen LogP contribution in [0.4, 0.5) is 13.2 Å². The number of alkyl halides is 3. The summed E-state index contributed by atoms with van der Waals surface area (Å²) in [7, 11) is 3.19. The molecule has 1 aromatic rings. The Balaban J connectivity index is 0.000000505. The van der Waals surface area contributed by atoms with E-state index in [4.69, 9.17) is 24.1 Å². The van der Waals surface area contributed by atoms with Crippen LogP contribution in [0.5, 0.6) is 11.5 Å². The molecule has 9 nitrogen and oxygen atoms in total. The number of amides is 1. The van der Waals surface area contributed by atoms with Crippen molar-refractivity contribution in [2.75, 3.05) is 53.6 Å². The third-order valence-corrected chi connectivity index (χ3v) is 7.70. The van der Waals surface area contributed by atoms with Crippen LogP contribution < -0.4 is 9.47 Å². The lowest BCUT2D eigenvalue weighted by Crippen LogP contribution is -2.46. The van der Waals surface area contributed by atoms with Crippen molar-refractivity contribution in [1.29, 1.82) is 0 Å². The third kappa shape index (κ3) is 7.73. The van der Waals surface area contributed by atoms with E-state index in [0.717, 1.165) is 65.0 Å². The van der Waals surface area contributed by atoms with Gasteiger partial charge in [-0.15, -0.1) is 0 Å². The molecule has 3 fully saturated rings. The molecule has 214 valence electrons. The van der Waals surface area contributed by atoms with E-state index in [-0.39, 0.29) is 23.5 Å². The molecule has 12 heteroatoms. The number of carboxylic acids is 1. The summed E-state index contributed by atoms with van der Waals surface area (Å²) in [5.41, 5.74) is 0.778. The number of benzene rings is 1. The van der Waals surface area contributed by atoms with E-state index in [1.165, 1.54) is 0 Å². The minimum atomic E-state index is -5.08. The second kappa shape index (κ2) is 12.5. The van der Waals surface area contributed by atoms with Gasteiger partial charge in [-0.3, -0.25) is 9.69 Å². The Kier molecular flexibility index (Phi) is 9.88. The molecule has 1 unspecified atom stereocenters. The van der Waals surface area contributed by atoms with Crippen LogP contribution in [0, 0.1) is 11.3 Å². The molecule has 3 heterocycles. The molecule has 0 saturated carbocycles. The summed E-state index contributed by atoms with van der Waals surface area (Å²) in [6.45, 7) is 7.08. The number of halogens is 3. The molecule has 4 rings (SSSR count). The van der Waals surface area contributed by atoms with Crippen LogP contribution in [0.2, 0.25) is 0 Å². The average molecular weight is 547 g/mol. The second-order valence-electron chi connectivity index (χ2n) is 10.4. The molecular weight excluding hydrogens is 509 g/mol. The summed E-state index contributed by atoms with van der Waals surface area (Å²) in [6, 6.07) is 5.33. The zero-order valence-electron chi connectivity index (χ0n) is 22.0. The third-order valence-electron chi connectivity index (χ3n) is 7.70. The molecular formula is C26H37F3N2O7. The SMILES string of the molecule is COc1cc(OC)cc(C(=O)N2CCC3(CC2)COC(CN2CC[C@@H](C)[C@H](O)C2)C3)c1.O=C(O)C(F)(F)F. The van der Waals surface area contributed by atoms with E-state index in [1.54, 1.807) is 32.4 Å². The van der Waals surface area contributed by atoms with E-state index in [0.29, 0.717) is 23.0 Å². The lowest BCUT2D eigenvalue weighted by molar-refractivity contribution is -0.192. The number of carbonyl (C=O) groups excluding carboxylic acids is 1. The molecule has 3 aliphatic rings. The van der Waals surface area contributed by atoms with Gasteiger partial charge in [-0.05, 0) is 55.7 Å². The molecule has 0 aliphatic carbocycles. The Bertz CT molecular complexity index is 944. The highest BCUT2D eigenvalue weighted by Crippen LogP contribution is 2.42. The monoisotopic (exact) mass is 546 g/mol. The molecule has 3 saturated heterocycles. The zero-order chi connectivity index (χ0) is 28.1. The smallest absolute Gasteiger partial charge is 0.490 e. The number of aliphatic hydroxyl groups is 1. The number of ether oxygens (including phenoxy) is 3. The van der Waals surface area contributed by atoms with Gasteiger partial charge >= 0.3 is 12.1 Å². The van der Waals surface area contributed by atoms with Crippen molar-refractivity contribution in [3.05, 3.63) is 23.8 Å². The number of piperidine rings is 2. The first-order valence-corrected chi connectivity index (χ1v) is 12.7. The maximum atomic E-state index is 13.1. The van der Waals surface area contributed by atoms with Crippen molar-refractivity contribution in [2.45, 2.75) is 51.0 Å². The molecule has 0 radical (unpaired) electrons. The maximum Gasteiger partial charge on any atom is 0.490 e. The normalized spacial score (nSPS) is 25.4. The molecule has 0 bridgehead atoms. The summed E-state index contributed by atoms with van der Waals surface area (Å²) in [5, 5.41) is 17.3. The van der Waals surface area contributed by atoms with Gasteiger partial charge in [0.2, 0.25) is 0 Å². The summed E-state index contributed by atoms with van der Waals surface area (Å²) >= 11 is 0. The van der Waals surface area contributed by atoms with Crippen LogP contribution in [0.1, 0.15) is 43.0 Å². The van der Waals surface area contributed by atoms with Crippen LogP contribution in [0.3, 0.4) is 0 Å². The number of hydrogen-bond acceptors (Lipinski definition) is 7. The molecule has 3 aliphatic heterocycles. The first-order valence-electron chi connectivity index (χ1n) is 12.7. The molecule has 2 N–H and O–H groups in total. The lowest BCUT2D eigenvalue weighted by Gasteiger charge is -2.39. The maximum absolute atomic E-state index is 13.1. The minimum absolute atomic E-state index is 0.0268. The molecule has 1 amide bonds. The summed E-state index contributed by atoms with van der Waals surface area (Å²) in [6.07, 6.45) is -1.06. The second-order valence-corrected chi connectivity index (χ2v) is 10.4. The Labute approximate surface area is 220 Å². The molecule has 1 spiro atoms. The van der Waals surface area contributed by atoms with E-state index in [9.17, 15) is 23.1 Å². The summed E-state index contributed by atoms with van der Waals surface area (Å²) < 4.78 is 48.5. The highest BCUT2D eigenvalue weighted by molar-refractivity contribution is 5.95. The van der Waals surface area contributed by atoms with Gasteiger partial charge < -0.3 is 29.3 Å². The number of aliphatic hydroxyl groups excluding tert-OH is 1.